The number of ether oxygens (including phenoxy) is 4. The van der Waals surface area contributed by atoms with E-state index in [2.05, 4.69) is 16.0 Å². The number of hydrogen-bond donors (Lipinski definition) is 12. The number of rotatable bonds is 14. The molecule has 3 amide bonds. The van der Waals surface area contributed by atoms with Gasteiger partial charge in [0.05, 0.1) is 32.5 Å². The number of carbonyl (C=O) groups excluding carboxylic acids is 3. The summed E-state index contributed by atoms with van der Waals surface area (Å²) in [4.78, 5) is 35.4. The van der Waals surface area contributed by atoms with Crippen LogP contribution in [0.3, 0.4) is 0 Å². The molecule has 250 valence electrons. The van der Waals surface area contributed by atoms with Gasteiger partial charge in [-0.25, -0.2) is 0 Å². The summed E-state index contributed by atoms with van der Waals surface area (Å²) < 4.78 is 22.7. The summed E-state index contributed by atoms with van der Waals surface area (Å²) in [5, 5.41) is 99.2. The van der Waals surface area contributed by atoms with E-state index in [0.717, 1.165) is 20.8 Å². The van der Waals surface area contributed by atoms with Gasteiger partial charge < -0.3 is 80.9 Å². The van der Waals surface area contributed by atoms with Gasteiger partial charge in [-0.15, -0.1) is 0 Å². The van der Waals surface area contributed by atoms with Crippen LogP contribution in [0, 0.1) is 0 Å². The van der Waals surface area contributed by atoms with Crippen LogP contribution in [-0.4, -0.2) is 176 Å². The highest BCUT2D eigenvalue weighted by atomic mass is 16.7. The smallest absolute Gasteiger partial charge is 0.217 e. The summed E-state index contributed by atoms with van der Waals surface area (Å²) in [6, 6.07) is -4.39. The zero-order chi connectivity index (χ0) is 32.6. The monoisotopic (exact) mass is 629 g/mol. The first-order valence-electron chi connectivity index (χ1n) is 13.5. The van der Waals surface area contributed by atoms with Crippen molar-refractivity contribution < 1.29 is 79.3 Å². The molecule has 12 N–H and O–H groups in total. The van der Waals surface area contributed by atoms with E-state index < -0.39 is 130 Å². The second-order valence-electron chi connectivity index (χ2n) is 10.3. The molecule has 19 heteroatoms. The predicted octanol–water partition coefficient (Wildman–Crippen LogP) is -7.51. The van der Waals surface area contributed by atoms with Crippen molar-refractivity contribution >= 4 is 17.7 Å². The van der Waals surface area contributed by atoms with E-state index in [-0.39, 0.29) is 0 Å². The van der Waals surface area contributed by atoms with Crippen LogP contribution in [0.4, 0.5) is 0 Å². The molecule has 0 aromatic carbocycles. The highest BCUT2D eigenvalue weighted by Gasteiger charge is 2.53. The van der Waals surface area contributed by atoms with Crippen molar-refractivity contribution in [2.75, 3.05) is 26.4 Å². The van der Waals surface area contributed by atoms with E-state index in [9.17, 15) is 60.3 Å². The van der Waals surface area contributed by atoms with Crippen molar-refractivity contribution in [3.8, 4) is 0 Å². The minimum Gasteiger partial charge on any atom is -0.394 e. The van der Waals surface area contributed by atoms with Gasteiger partial charge in [0.25, 0.3) is 0 Å². The van der Waals surface area contributed by atoms with E-state index in [1.807, 2.05) is 0 Å². The maximum Gasteiger partial charge on any atom is 0.217 e. The molecule has 0 aliphatic carbocycles. The molecule has 2 aliphatic heterocycles. The highest BCUT2D eigenvalue weighted by molar-refractivity contribution is 5.74. The lowest BCUT2D eigenvalue weighted by molar-refractivity contribution is -0.341. The first-order valence-corrected chi connectivity index (χ1v) is 13.5. The van der Waals surface area contributed by atoms with Crippen LogP contribution in [-0.2, 0) is 33.3 Å². The Bertz CT molecular complexity index is 916. The zero-order valence-electron chi connectivity index (χ0n) is 23.8. The molecule has 2 saturated heterocycles. The molecular weight excluding hydrogens is 586 g/mol. The van der Waals surface area contributed by atoms with Gasteiger partial charge in [0.15, 0.2) is 12.6 Å². The molecule has 0 unspecified atom stereocenters. The van der Waals surface area contributed by atoms with Gasteiger partial charge >= 0.3 is 0 Å². The summed E-state index contributed by atoms with van der Waals surface area (Å²) >= 11 is 0. The van der Waals surface area contributed by atoms with Gasteiger partial charge in [0.1, 0.15) is 67.0 Å². The van der Waals surface area contributed by atoms with Gasteiger partial charge in [0.2, 0.25) is 17.7 Å². The quantitative estimate of drug-likeness (QED) is 0.0849. The van der Waals surface area contributed by atoms with E-state index in [1.54, 1.807) is 0 Å². The molecule has 0 aromatic rings. The summed E-state index contributed by atoms with van der Waals surface area (Å²) in [6.07, 6.45) is -18.6. The third kappa shape index (κ3) is 9.44. The average Bonchev–Trinajstić information content (AvgIpc) is 2.95. The molecule has 14 atom stereocenters. The van der Waals surface area contributed by atoms with Crippen molar-refractivity contribution in [2.24, 2.45) is 0 Å². The topological polar surface area (TPSA) is 306 Å². The lowest BCUT2D eigenvalue weighted by Gasteiger charge is -2.48. The van der Waals surface area contributed by atoms with Crippen molar-refractivity contribution in [3.63, 3.8) is 0 Å². The second-order valence-corrected chi connectivity index (χ2v) is 10.3. The van der Waals surface area contributed by atoms with Gasteiger partial charge in [-0.1, -0.05) is 0 Å². The van der Waals surface area contributed by atoms with E-state index in [1.165, 1.54) is 0 Å². The van der Waals surface area contributed by atoms with Crippen molar-refractivity contribution in [1.82, 2.24) is 16.0 Å². The van der Waals surface area contributed by atoms with Crippen LogP contribution in [0.15, 0.2) is 0 Å². The molecule has 2 heterocycles. The van der Waals surface area contributed by atoms with Crippen LogP contribution in [0.1, 0.15) is 20.8 Å². The molecule has 0 aromatic heterocycles. The molecule has 2 rings (SSSR count). The third-order valence-electron chi connectivity index (χ3n) is 6.96. The molecule has 0 bridgehead atoms. The largest absolute Gasteiger partial charge is 0.394 e. The lowest BCUT2D eigenvalue weighted by Crippen LogP contribution is -2.70. The second kappa shape index (κ2) is 16.8. The number of aliphatic hydroxyl groups is 9. The number of amides is 3. The lowest BCUT2D eigenvalue weighted by atomic mass is 9.94. The summed E-state index contributed by atoms with van der Waals surface area (Å²) in [6.45, 7) is -0.151. The summed E-state index contributed by atoms with van der Waals surface area (Å²) in [5.74, 6) is -2.04. The maximum absolute atomic E-state index is 12.1. The molecular formula is C24H43N3O16. The van der Waals surface area contributed by atoms with E-state index >= 15 is 0 Å². The Kier molecular flexibility index (Phi) is 14.5. The number of hydrogen-bond acceptors (Lipinski definition) is 16. The van der Waals surface area contributed by atoms with E-state index in [4.69, 9.17) is 18.9 Å². The van der Waals surface area contributed by atoms with Crippen LogP contribution in [0.2, 0.25) is 0 Å². The standard InChI is InChI=1S/C24H43N3O16/c1-8(32)25-11(4-28)17(36)21(12(35)5-29)42-24-16(27-10(3)34)20(39)22(14(7-31)41-24)43-23-15(26-9(2)33)19(38)18(37)13(6-30)40-23/h11-24,28-31,35-39H,4-7H2,1-3H3,(H,25,32)(H,26,33)(H,27,34)/t11-,12+,13+,14+,15+,16+,17+,18+,19+,20+,21-,22+,23-,24-/m0/s1. The van der Waals surface area contributed by atoms with Crippen LogP contribution >= 0.6 is 0 Å². The Morgan fingerprint density at radius 1 is 0.744 bits per heavy atom. The van der Waals surface area contributed by atoms with Crippen LogP contribution in [0.25, 0.3) is 0 Å². The zero-order valence-corrected chi connectivity index (χ0v) is 23.8. The molecule has 2 fully saturated rings. The fourth-order valence-electron chi connectivity index (χ4n) is 4.87. The maximum atomic E-state index is 12.1. The van der Waals surface area contributed by atoms with Gasteiger partial charge in [-0.2, -0.15) is 0 Å². The molecule has 0 spiro atoms. The SMILES string of the molecule is CC(=O)N[C@H]1[C@H](O[C@H]([C@H](O)[C@H](CO)NC(C)=O)[C@H](O)CO)O[C@H](CO)[C@@H](O[C@@H]2O[C@H](CO)[C@@H](O)[C@H](O)[C@H]2NC(C)=O)[C@@H]1O. The first kappa shape index (κ1) is 37.1. The Morgan fingerprint density at radius 2 is 1.28 bits per heavy atom. The van der Waals surface area contributed by atoms with Crippen LogP contribution < -0.4 is 16.0 Å². The Morgan fingerprint density at radius 3 is 1.74 bits per heavy atom. The normalized spacial score (nSPS) is 35.7. The first-order chi connectivity index (χ1) is 20.2. The van der Waals surface area contributed by atoms with Crippen molar-refractivity contribution in [3.05, 3.63) is 0 Å². The van der Waals surface area contributed by atoms with Crippen molar-refractivity contribution in [2.45, 2.75) is 106 Å². The van der Waals surface area contributed by atoms with Crippen LogP contribution in [0.5, 0.6) is 0 Å². The summed E-state index contributed by atoms with van der Waals surface area (Å²) in [5.41, 5.74) is 0. The minimum absolute atomic E-state index is 0.653. The van der Waals surface area contributed by atoms with Gasteiger partial charge in [0, 0.05) is 20.8 Å². The van der Waals surface area contributed by atoms with Crippen molar-refractivity contribution in [1.29, 1.82) is 0 Å². The molecule has 43 heavy (non-hydrogen) atoms. The Hall–Kier alpha value is -2.11. The fourth-order valence-corrected chi connectivity index (χ4v) is 4.87. The molecule has 19 nitrogen and oxygen atoms in total. The number of carbonyl (C=O) groups is 3. The molecule has 2 aliphatic rings. The van der Waals surface area contributed by atoms with E-state index in [0.29, 0.717) is 0 Å². The Balaban J connectivity index is 2.41. The highest BCUT2D eigenvalue weighted by Crippen LogP contribution is 2.31. The molecule has 0 radical (unpaired) electrons. The van der Waals surface area contributed by atoms with Gasteiger partial charge in [-0.3, -0.25) is 14.4 Å². The number of nitrogens with one attached hydrogen (secondary N) is 3. The predicted molar refractivity (Wildman–Crippen MR) is 138 cm³/mol. The Labute approximate surface area is 246 Å². The average molecular weight is 630 g/mol. The minimum atomic E-state index is -1.87. The van der Waals surface area contributed by atoms with Gasteiger partial charge in [-0.05, 0) is 0 Å². The summed E-state index contributed by atoms with van der Waals surface area (Å²) in [7, 11) is 0. The number of aliphatic hydroxyl groups excluding tert-OH is 9. The molecule has 0 saturated carbocycles. The third-order valence-corrected chi connectivity index (χ3v) is 6.96. The fraction of sp³-hybridized carbons (Fsp3) is 0.875.